The van der Waals surface area contributed by atoms with Crippen LogP contribution in [0.15, 0.2) is 0 Å². The van der Waals surface area contributed by atoms with Gasteiger partial charge in [-0.15, -0.1) is 0 Å². The molecular formula is C9H17N3O2. The zero-order valence-electron chi connectivity index (χ0n) is 8.21. The molecule has 0 aromatic carbocycles. The zero-order chi connectivity index (χ0) is 9.80. The second-order valence-electron chi connectivity index (χ2n) is 3.84. The minimum Gasteiger partial charge on any atom is -0.376 e. The topological polar surface area (TPSA) is 62.4 Å². The summed E-state index contributed by atoms with van der Waals surface area (Å²) in [5.74, 6) is 0. The molecule has 2 saturated heterocycles. The molecule has 0 bridgehead atoms. The van der Waals surface area contributed by atoms with Crippen LogP contribution >= 0.6 is 0 Å². The maximum absolute atomic E-state index is 11.3. The first-order valence-electron chi connectivity index (χ1n) is 5.21. The first kappa shape index (κ1) is 9.73. The van der Waals surface area contributed by atoms with Crippen molar-refractivity contribution >= 4 is 6.03 Å². The summed E-state index contributed by atoms with van der Waals surface area (Å²) in [4.78, 5) is 11.3. The fraction of sp³-hybridized carbons (Fsp3) is 0.889. The molecule has 0 spiro atoms. The van der Waals surface area contributed by atoms with Gasteiger partial charge in [0.05, 0.1) is 12.1 Å². The van der Waals surface area contributed by atoms with Crippen LogP contribution in [0.2, 0.25) is 0 Å². The van der Waals surface area contributed by atoms with Crippen molar-refractivity contribution in [1.82, 2.24) is 16.0 Å². The normalized spacial score (nSPS) is 27.0. The van der Waals surface area contributed by atoms with Gasteiger partial charge in [-0.1, -0.05) is 0 Å². The van der Waals surface area contributed by atoms with Crippen LogP contribution in [0.4, 0.5) is 4.79 Å². The Bertz CT molecular complexity index is 200. The van der Waals surface area contributed by atoms with Crippen LogP contribution in [0.1, 0.15) is 12.8 Å². The maximum atomic E-state index is 11.3. The van der Waals surface area contributed by atoms with E-state index in [1.807, 2.05) is 0 Å². The lowest BCUT2D eigenvalue weighted by molar-refractivity contribution is 0.111. The molecule has 2 rings (SSSR count). The highest BCUT2D eigenvalue weighted by atomic mass is 16.5. The van der Waals surface area contributed by atoms with E-state index < -0.39 is 0 Å². The lowest BCUT2D eigenvalue weighted by Gasteiger charge is -2.28. The van der Waals surface area contributed by atoms with Crippen LogP contribution < -0.4 is 16.0 Å². The number of urea groups is 1. The fourth-order valence-electron chi connectivity index (χ4n) is 1.64. The van der Waals surface area contributed by atoms with E-state index in [2.05, 4.69) is 16.0 Å². The van der Waals surface area contributed by atoms with Crippen LogP contribution in [0, 0.1) is 0 Å². The van der Waals surface area contributed by atoms with Crippen LogP contribution in [0.25, 0.3) is 0 Å². The number of hydrogen-bond acceptors (Lipinski definition) is 3. The Morgan fingerprint density at radius 3 is 2.93 bits per heavy atom. The molecule has 3 N–H and O–H groups in total. The summed E-state index contributed by atoms with van der Waals surface area (Å²) >= 11 is 0. The highest BCUT2D eigenvalue weighted by Crippen LogP contribution is 2.10. The van der Waals surface area contributed by atoms with E-state index in [9.17, 15) is 4.79 Å². The molecule has 1 unspecified atom stereocenters. The molecule has 0 aromatic heterocycles. The minimum atomic E-state index is -0.0769. The number of amides is 2. The largest absolute Gasteiger partial charge is 0.376 e. The molecule has 2 fully saturated rings. The Labute approximate surface area is 83.6 Å². The second kappa shape index (κ2) is 4.61. The molecule has 0 radical (unpaired) electrons. The van der Waals surface area contributed by atoms with E-state index >= 15 is 0 Å². The van der Waals surface area contributed by atoms with Crippen LogP contribution in [-0.2, 0) is 4.74 Å². The zero-order valence-corrected chi connectivity index (χ0v) is 8.21. The predicted octanol–water partition coefficient (Wildman–Crippen LogP) is -0.564. The summed E-state index contributed by atoms with van der Waals surface area (Å²) in [6.07, 6.45) is 2.39. The number of hydrogen-bond donors (Lipinski definition) is 3. The highest BCUT2D eigenvalue weighted by molar-refractivity contribution is 5.74. The van der Waals surface area contributed by atoms with Crippen LogP contribution in [0.3, 0.4) is 0 Å². The standard InChI is InChI=1S/C9H17N3O2/c13-9(12-7-4-10-5-7)11-6-8-2-1-3-14-8/h7-8,10H,1-6H2,(H2,11,12,13). The van der Waals surface area contributed by atoms with Gasteiger partial charge in [-0.05, 0) is 12.8 Å². The second-order valence-corrected chi connectivity index (χ2v) is 3.84. The third-order valence-corrected chi connectivity index (χ3v) is 2.63. The van der Waals surface area contributed by atoms with Crippen molar-refractivity contribution in [3.8, 4) is 0 Å². The van der Waals surface area contributed by atoms with Gasteiger partial charge < -0.3 is 20.7 Å². The van der Waals surface area contributed by atoms with Gasteiger partial charge in [-0.25, -0.2) is 4.79 Å². The molecule has 0 saturated carbocycles. The molecule has 5 nitrogen and oxygen atoms in total. The van der Waals surface area contributed by atoms with Crippen LogP contribution in [-0.4, -0.2) is 44.4 Å². The van der Waals surface area contributed by atoms with Gasteiger partial charge >= 0.3 is 6.03 Å². The Morgan fingerprint density at radius 1 is 1.50 bits per heavy atom. The van der Waals surface area contributed by atoms with Gasteiger partial charge in [0.25, 0.3) is 0 Å². The first-order chi connectivity index (χ1) is 6.84. The molecule has 2 heterocycles. The Kier molecular flexibility index (Phi) is 3.21. The SMILES string of the molecule is O=C(NCC1CCCO1)NC1CNC1. The Hall–Kier alpha value is -0.810. The molecule has 2 amide bonds. The van der Waals surface area contributed by atoms with Crippen molar-refractivity contribution in [3.05, 3.63) is 0 Å². The van der Waals surface area contributed by atoms with E-state index in [1.54, 1.807) is 0 Å². The maximum Gasteiger partial charge on any atom is 0.315 e. The molecule has 2 aliphatic rings. The molecule has 0 aliphatic carbocycles. The van der Waals surface area contributed by atoms with Crippen molar-refractivity contribution in [2.75, 3.05) is 26.2 Å². The highest BCUT2D eigenvalue weighted by Gasteiger charge is 2.20. The smallest absolute Gasteiger partial charge is 0.315 e. The van der Waals surface area contributed by atoms with Gasteiger partial charge in [0, 0.05) is 26.2 Å². The predicted molar refractivity (Wildman–Crippen MR) is 52.2 cm³/mol. The molecule has 80 valence electrons. The quantitative estimate of drug-likeness (QED) is 0.571. The number of rotatable bonds is 3. The van der Waals surface area contributed by atoms with E-state index in [-0.39, 0.29) is 12.1 Å². The van der Waals surface area contributed by atoms with E-state index in [0.29, 0.717) is 12.6 Å². The molecule has 1 atom stereocenters. The summed E-state index contributed by atoms with van der Waals surface area (Å²) in [5.41, 5.74) is 0. The number of carbonyl (C=O) groups is 1. The minimum absolute atomic E-state index is 0.0769. The lowest BCUT2D eigenvalue weighted by atomic mass is 10.2. The average molecular weight is 199 g/mol. The summed E-state index contributed by atoms with van der Waals surface area (Å²) in [6.45, 7) is 3.23. The van der Waals surface area contributed by atoms with Crippen molar-refractivity contribution in [2.24, 2.45) is 0 Å². The Morgan fingerprint density at radius 2 is 2.36 bits per heavy atom. The van der Waals surface area contributed by atoms with E-state index in [0.717, 1.165) is 32.5 Å². The van der Waals surface area contributed by atoms with E-state index in [4.69, 9.17) is 4.74 Å². The van der Waals surface area contributed by atoms with E-state index in [1.165, 1.54) is 0 Å². The summed E-state index contributed by atoms with van der Waals surface area (Å²) in [6, 6.07) is 0.228. The van der Waals surface area contributed by atoms with Gasteiger partial charge in [0.15, 0.2) is 0 Å². The average Bonchev–Trinajstić information content (AvgIpc) is 2.60. The van der Waals surface area contributed by atoms with Crippen molar-refractivity contribution in [2.45, 2.75) is 25.0 Å². The third-order valence-electron chi connectivity index (χ3n) is 2.63. The monoisotopic (exact) mass is 199 g/mol. The van der Waals surface area contributed by atoms with Crippen LogP contribution in [0.5, 0.6) is 0 Å². The van der Waals surface area contributed by atoms with Gasteiger partial charge in [0.2, 0.25) is 0 Å². The van der Waals surface area contributed by atoms with Gasteiger partial charge in [-0.2, -0.15) is 0 Å². The molecule has 2 aliphatic heterocycles. The van der Waals surface area contributed by atoms with Crippen molar-refractivity contribution in [3.63, 3.8) is 0 Å². The first-order valence-corrected chi connectivity index (χ1v) is 5.21. The number of nitrogens with one attached hydrogen (secondary N) is 3. The Balaban J connectivity index is 1.57. The summed E-state index contributed by atoms with van der Waals surface area (Å²) < 4.78 is 5.39. The van der Waals surface area contributed by atoms with Gasteiger partial charge in [0.1, 0.15) is 0 Å². The van der Waals surface area contributed by atoms with Crippen molar-refractivity contribution in [1.29, 1.82) is 0 Å². The van der Waals surface area contributed by atoms with Gasteiger partial charge in [-0.3, -0.25) is 0 Å². The van der Waals surface area contributed by atoms with Crippen molar-refractivity contribution < 1.29 is 9.53 Å². The molecule has 5 heteroatoms. The molecular weight excluding hydrogens is 182 g/mol. The number of ether oxygens (including phenoxy) is 1. The fourth-order valence-corrected chi connectivity index (χ4v) is 1.64. The summed E-state index contributed by atoms with van der Waals surface area (Å²) in [7, 11) is 0. The number of carbonyl (C=O) groups excluding carboxylic acids is 1. The summed E-state index contributed by atoms with van der Waals surface area (Å²) in [5, 5.41) is 8.79. The lowest BCUT2D eigenvalue weighted by Crippen LogP contribution is -2.59. The third kappa shape index (κ3) is 2.59. The molecule has 14 heavy (non-hydrogen) atoms. The molecule has 0 aromatic rings.